The molecule has 7 heteroatoms. The lowest BCUT2D eigenvalue weighted by atomic mass is 10.1. The van der Waals surface area contributed by atoms with Crippen LogP contribution in [-0.4, -0.2) is 11.5 Å². The van der Waals surface area contributed by atoms with E-state index in [9.17, 15) is 10.1 Å². The van der Waals surface area contributed by atoms with Crippen LogP contribution in [0.15, 0.2) is 12.1 Å². The average Bonchev–Trinajstić information content (AvgIpc) is 2.66. The van der Waals surface area contributed by atoms with Gasteiger partial charge < -0.3 is 11.5 Å². The Hall–Kier alpha value is -0.690. The fourth-order valence-corrected chi connectivity index (χ4v) is 2.15. The first-order valence-corrected chi connectivity index (χ1v) is 5.66. The van der Waals surface area contributed by atoms with Gasteiger partial charge in [0.2, 0.25) is 0 Å². The van der Waals surface area contributed by atoms with Gasteiger partial charge >= 0.3 is 5.00 Å². The SMILES string of the molecule is Cl.NCCCC[C@@H](N)c1ccc([N+](=O)[O-])s1. The lowest BCUT2D eigenvalue weighted by Gasteiger charge is -2.07. The monoisotopic (exact) mass is 265 g/mol. The minimum atomic E-state index is -0.388. The maximum Gasteiger partial charge on any atom is 0.324 e. The van der Waals surface area contributed by atoms with Crippen LogP contribution in [0.25, 0.3) is 0 Å². The minimum absolute atomic E-state index is 0. The van der Waals surface area contributed by atoms with Crippen molar-refractivity contribution in [3.05, 3.63) is 27.1 Å². The zero-order valence-electron chi connectivity index (χ0n) is 8.80. The van der Waals surface area contributed by atoms with Gasteiger partial charge in [-0.25, -0.2) is 0 Å². The number of nitrogens with two attached hydrogens (primary N) is 2. The van der Waals surface area contributed by atoms with Crippen LogP contribution in [0.3, 0.4) is 0 Å². The van der Waals surface area contributed by atoms with Gasteiger partial charge in [-0.15, -0.1) is 12.4 Å². The summed E-state index contributed by atoms with van der Waals surface area (Å²) in [5, 5.41) is 10.6. The van der Waals surface area contributed by atoms with E-state index >= 15 is 0 Å². The van der Waals surface area contributed by atoms with Crippen LogP contribution in [0.2, 0.25) is 0 Å². The van der Waals surface area contributed by atoms with E-state index in [2.05, 4.69) is 0 Å². The number of unbranched alkanes of at least 4 members (excludes halogenated alkanes) is 1. The quantitative estimate of drug-likeness (QED) is 0.468. The van der Waals surface area contributed by atoms with Crippen molar-refractivity contribution in [1.82, 2.24) is 0 Å². The molecule has 0 saturated heterocycles. The molecule has 1 heterocycles. The Bertz CT molecular complexity index is 332. The van der Waals surface area contributed by atoms with E-state index in [4.69, 9.17) is 11.5 Å². The number of nitrogens with zero attached hydrogens (tertiary/aromatic N) is 1. The van der Waals surface area contributed by atoms with Gasteiger partial charge in [-0.05, 0) is 25.5 Å². The Morgan fingerprint density at radius 2 is 2.12 bits per heavy atom. The first kappa shape index (κ1) is 15.3. The fourth-order valence-electron chi connectivity index (χ4n) is 1.29. The molecule has 0 amide bonds. The smallest absolute Gasteiger partial charge is 0.324 e. The highest BCUT2D eigenvalue weighted by atomic mass is 35.5. The molecule has 0 radical (unpaired) electrons. The molecule has 0 bridgehead atoms. The first-order valence-electron chi connectivity index (χ1n) is 4.85. The van der Waals surface area contributed by atoms with E-state index in [0.29, 0.717) is 6.54 Å². The lowest BCUT2D eigenvalue weighted by molar-refractivity contribution is -0.380. The first-order chi connectivity index (χ1) is 7.15. The van der Waals surface area contributed by atoms with Crippen LogP contribution in [0, 0.1) is 10.1 Å². The van der Waals surface area contributed by atoms with Crippen molar-refractivity contribution in [2.75, 3.05) is 6.54 Å². The molecule has 0 unspecified atom stereocenters. The average molecular weight is 266 g/mol. The zero-order chi connectivity index (χ0) is 11.3. The van der Waals surface area contributed by atoms with Gasteiger partial charge in [0.05, 0.1) is 4.92 Å². The molecule has 0 aromatic carbocycles. The van der Waals surface area contributed by atoms with E-state index in [1.165, 1.54) is 6.07 Å². The number of thiophene rings is 1. The zero-order valence-corrected chi connectivity index (χ0v) is 10.4. The van der Waals surface area contributed by atoms with Gasteiger partial charge in [0.15, 0.2) is 0 Å². The maximum absolute atomic E-state index is 10.5. The molecule has 16 heavy (non-hydrogen) atoms. The molecular weight excluding hydrogens is 250 g/mol. The van der Waals surface area contributed by atoms with Gasteiger partial charge in [-0.3, -0.25) is 10.1 Å². The molecule has 1 rings (SSSR count). The fraction of sp³-hybridized carbons (Fsp3) is 0.556. The van der Waals surface area contributed by atoms with Crippen LogP contribution in [-0.2, 0) is 0 Å². The summed E-state index contributed by atoms with van der Waals surface area (Å²) in [6, 6.07) is 3.13. The number of rotatable bonds is 6. The summed E-state index contributed by atoms with van der Waals surface area (Å²) in [4.78, 5) is 10.9. The Morgan fingerprint density at radius 1 is 1.44 bits per heavy atom. The summed E-state index contributed by atoms with van der Waals surface area (Å²) in [6.07, 6.45) is 2.74. The molecule has 1 aromatic rings. The molecule has 0 saturated carbocycles. The van der Waals surface area contributed by atoms with Crippen molar-refractivity contribution in [2.24, 2.45) is 11.5 Å². The highest BCUT2D eigenvalue weighted by Crippen LogP contribution is 2.29. The molecule has 1 aromatic heterocycles. The van der Waals surface area contributed by atoms with Gasteiger partial charge in [0.25, 0.3) is 0 Å². The summed E-state index contributed by atoms with van der Waals surface area (Å²) >= 11 is 1.15. The molecule has 92 valence electrons. The second kappa shape index (κ2) is 7.56. The van der Waals surface area contributed by atoms with Crippen molar-refractivity contribution < 1.29 is 4.92 Å². The number of hydrogen-bond acceptors (Lipinski definition) is 5. The summed E-state index contributed by atoms with van der Waals surface area (Å²) in [7, 11) is 0. The van der Waals surface area contributed by atoms with E-state index in [1.54, 1.807) is 6.07 Å². The van der Waals surface area contributed by atoms with E-state index in [0.717, 1.165) is 35.5 Å². The number of halogens is 1. The Labute approximate surface area is 104 Å². The normalized spacial score (nSPS) is 11.9. The largest absolute Gasteiger partial charge is 0.330 e. The molecule has 4 N–H and O–H groups in total. The van der Waals surface area contributed by atoms with Crippen molar-refractivity contribution in [3.63, 3.8) is 0 Å². The second-order valence-electron chi connectivity index (χ2n) is 3.32. The topological polar surface area (TPSA) is 95.2 Å². The third-order valence-electron chi connectivity index (χ3n) is 2.13. The molecule has 0 aliphatic carbocycles. The third kappa shape index (κ3) is 4.44. The standard InChI is InChI=1S/C9H15N3O2S.ClH/c10-6-2-1-3-7(11)8-4-5-9(15-8)12(13)14;/h4-5,7H,1-3,6,10-11H2;1H/t7-;/m1./s1. The van der Waals surface area contributed by atoms with Crippen LogP contribution in [0.4, 0.5) is 5.00 Å². The van der Waals surface area contributed by atoms with Crippen LogP contribution in [0.5, 0.6) is 0 Å². The van der Waals surface area contributed by atoms with E-state index in [-0.39, 0.29) is 28.4 Å². The van der Waals surface area contributed by atoms with Crippen LogP contribution in [0.1, 0.15) is 30.2 Å². The summed E-state index contributed by atoms with van der Waals surface area (Å²) in [5.41, 5.74) is 11.3. The van der Waals surface area contributed by atoms with Gasteiger partial charge in [-0.1, -0.05) is 17.8 Å². The molecular formula is C9H16ClN3O2S. The Kier molecular flexibility index (Phi) is 7.24. The van der Waals surface area contributed by atoms with E-state index in [1.807, 2.05) is 0 Å². The van der Waals surface area contributed by atoms with Gasteiger partial charge in [-0.2, -0.15) is 0 Å². The highest BCUT2D eigenvalue weighted by Gasteiger charge is 2.14. The van der Waals surface area contributed by atoms with Crippen molar-refractivity contribution in [1.29, 1.82) is 0 Å². The predicted octanol–water partition coefficient (Wildman–Crippen LogP) is 2.21. The summed E-state index contributed by atoms with van der Waals surface area (Å²) < 4.78 is 0. The van der Waals surface area contributed by atoms with Crippen LogP contribution < -0.4 is 11.5 Å². The second-order valence-corrected chi connectivity index (χ2v) is 4.42. The molecule has 0 aliphatic heterocycles. The summed E-state index contributed by atoms with van der Waals surface area (Å²) in [6.45, 7) is 0.664. The van der Waals surface area contributed by atoms with Crippen molar-refractivity contribution in [3.8, 4) is 0 Å². The molecule has 0 aliphatic rings. The molecule has 1 atom stereocenters. The molecule has 0 fully saturated rings. The summed E-state index contributed by atoms with van der Waals surface area (Å²) in [5.74, 6) is 0. The molecule has 0 spiro atoms. The molecule has 5 nitrogen and oxygen atoms in total. The van der Waals surface area contributed by atoms with Gasteiger partial charge in [0.1, 0.15) is 0 Å². The number of nitro groups is 1. The third-order valence-corrected chi connectivity index (χ3v) is 3.30. The van der Waals surface area contributed by atoms with Crippen molar-refractivity contribution in [2.45, 2.75) is 25.3 Å². The minimum Gasteiger partial charge on any atom is -0.330 e. The predicted molar refractivity (Wildman–Crippen MR) is 68.1 cm³/mol. The number of hydrogen-bond donors (Lipinski definition) is 2. The van der Waals surface area contributed by atoms with Crippen LogP contribution >= 0.6 is 23.7 Å². The van der Waals surface area contributed by atoms with E-state index < -0.39 is 0 Å². The highest BCUT2D eigenvalue weighted by molar-refractivity contribution is 7.15. The lowest BCUT2D eigenvalue weighted by Crippen LogP contribution is -2.09. The Balaban J connectivity index is 0.00000225. The van der Waals surface area contributed by atoms with Crippen molar-refractivity contribution >= 4 is 28.7 Å². The maximum atomic E-state index is 10.5. The Morgan fingerprint density at radius 3 is 2.62 bits per heavy atom. The van der Waals surface area contributed by atoms with Gasteiger partial charge in [0, 0.05) is 17.0 Å².